The number of rotatable bonds is 4. The van der Waals surface area contributed by atoms with E-state index in [0.717, 1.165) is 12.8 Å². The number of carbonyl (C=O) groups excluding carboxylic acids is 2. The van der Waals surface area contributed by atoms with Crippen LogP contribution in [0.25, 0.3) is 0 Å². The summed E-state index contributed by atoms with van der Waals surface area (Å²) in [6.45, 7) is 5.92. The molecule has 2 heterocycles. The van der Waals surface area contributed by atoms with E-state index in [1.54, 1.807) is 39.0 Å². The van der Waals surface area contributed by atoms with Crippen molar-refractivity contribution in [3.8, 4) is 11.8 Å². The monoisotopic (exact) mass is 484 g/mol. The summed E-state index contributed by atoms with van der Waals surface area (Å²) in [6.07, 6.45) is 1.79. The summed E-state index contributed by atoms with van der Waals surface area (Å²) in [6, 6.07) is 6.40. The average molecular weight is 485 g/mol. The summed E-state index contributed by atoms with van der Waals surface area (Å²) in [7, 11) is 0. The van der Waals surface area contributed by atoms with Gasteiger partial charge < -0.3 is 9.47 Å². The zero-order valence-corrected chi connectivity index (χ0v) is 19.9. The van der Waals surface area contributed by atoms with Crippen molar-refractivity contribution in [3.63, 3.8) is 0 Å². The van der Waals surface area contributed by atoms with Crippen LogP contribution in [0, 0.1) is 17.8 Å². The molecule has 2 aromatic rings. The van der Waals surface area contributed by atoms with Gasteiger partial charge in [0.25, 0.3) is 11.5 Å². The van der Waals surface area contributed by atoms with Gasteiger partial charge in [-0.15, -0.1) is 0 Å². The topological polar surface area (TPSA) is 102 Å². The van der Waals surface area contributed by atoms with Crippen LogP contribution in [-0.2, 0) is 21.5 Å². The number of benzene rings is 1. The number of ether oxygens (including phenoxy) is 2. The Morgan fingerprint density at radius 2 is 2.03 bits per heavy atom. The second-order valence-electron chi connectivity index (χ2n) is 9.68. The van der Waals surface area contributed by atoms with Crippen molar-refractivity contribution >= 4 is 23.8 Å². The van der Waals surface area contributed by atoms with Crippen molar-refractivity contribution in [2.75, 3.05) is 10.6 Å². The molecule has 10 heteroatoms. The minimum Gasteiger partial charge on any atom is -0.444 e. The molecule has 1 aliphatic heterocycles. The van der Waals surface area contributed by atoms with Crippen molar-refractivity contribution in [1.29, 1.82) is 0 Å². The van der Waals surface area contributed by atoms with Crippen LogP contribution >= 0.6 is 0 Å². The quantitative estimate of drug-likeness (QED) is 0.576. The first-order valence-corrected chi connectivity index (χ1v) is 11.2. The van der Waals surface area contributed by atoms with Gasteiger partial charge in [0.15, 0.2) is 0 Å². The molecule has 1 aromatic carbocycles. The Hall–Kier alpha value is -3.74. The predicted octanol–water partition coefficient (Wildman–Crippen LogP) is 5.24. The number of aromatic nitrogens is 2. The van der Waals surface area contributed by atoms with Crippen molar-refractivity contribution < 1.29 is 27.8 Å². The Balaban J connectivity index is 1.60. The van der Waals surface area contributed by atoms with Gasteiger partial charge >= 0.3 is 12.2 Å². The fourth-order valence-corrected chi connectivity index (χ4v) is 3.56. The number of halogens is 2. The van der Waals surface area contributed by atoms with E-state index in [1.807, 2.05) is 0 Å². The lowest BCUT2D eigenvalue weighted by molar-refractivity contribution is -0.142. The summed E-state index contributed by atoms with van der Waals surface area (Å²) in [5.74, 6) is 2.09. The molecule has 1 aliphatic carbocycles. The van der Waals surface area contributed by atoms with Gasteiger partial charge in [0.05, 0.1) is 11.4 Å². The van der Waals surface area contributed by atoms with Gasteiger partial charge in [0.2, 0.25) is 5.95 Å². The van der Waals surface area contributed by atoms with E-state index < -0.39 is 29.3 Å². The molecular formula is C25H26F2N4O4. The molecule has 4 rings (SSSR count). The molecular weight excluding hydrogens is 458 g/mol. The van der Waals surface area contributed by atoms with Gasteiger partial charge in [-0.05, 0) is 57.2 Å². The van der Waals surface area contributed by atoms with Gasteiger partial charge in [-0.3, -0.25) is 10.6 Å². The molecule has 1 aromatic heterocycles. The SMILES string of the molecule is CC(C)(C)OC(=O)Nc1nccc(Cc2ccc3c(c2)NC(=O)O[C@]3(C#CC2CC2)C(C)(F)F)n1. The first-order valence-electron chi connectivity index (χ1n) is 11.2. The second kappa shape index (κ2) is 8.80. The van der Waals surface area contributed by atoms with Crippen LogP contribution in [0.5, 0.6) is 0 Å². The number of nitrogens with zero attached hydrogens (tertiary/aromatic N) is 2. The molecule has 0 unspecified atom stereocenters. The Bertz CT molecular complexity index is 1220. The van der Waals surface area contributed by atoms with E-state index >= 15 is 0 Å². The fourth-order valence-electron chi connectivity index (χ4n) is 3.56. The van der Waals surface area contributed by atoms with Crippen molar-refractivity contribution in [3.05, 3.63) is 47.3 Å². The highest BCUT2D eigenvalue weighted by molar-refractivity contribution is 5.90. The molecule has 1 atom stereocenters. The van der Waals surface area contributed by atoms with Crippen LogP contribution in [0.3, 0.4) is 0 Å². The summed E-state index contributed by atoms with van der Waals surface area (Å²) in [4.78, 5) is 32.6. The fraction of sp³-hybridized carbons (Fsp3) is 0.440. The Kier molecular flexibility index (Phi) is 6.13. The smallest absolute Gasteiger partial charge is 0.414 e. The molecule has 2 amide bonds. The minimum atomic E-state index is -3.43. The third kappa shape index (κ3) is 5.67. The Morgan fingerprint density at radius 1 is 1.29 bits per heavy atom. The molecule has 35 heavy (non-hydrogen) atoms. The first kappa shape index (κ1) is 24.4. The molecule has 184 valence electrons. The molecule has 0 radical (unpaired) electrons. The summed E-state index contributed by atoms with van der Waals surface area (Å²) in [5.41, 5.74) is -1.50. The van der Waals surface area contributed by atoms with Gasteiger partial charge in [-0.2, -0.15) is 0 Å². The average Bonchev–Trinajstić information content (AvgIpc) is 3.54. The van der Waals surface area contributed by atoms with E-state index in [-0.39, 0.29) is 23.1 Å². The van der Waals surface area contributed by atoms with Crippen molar-refractivity contribution in [2.45, 2.75) is 64.1 Å². The molecule has 2 N–H and O–H groups in total. The standard InChI is InChI=1S/C25H26F2N4O4/c1-23(2,3)34-22(33)31-20-28-12-10-17(29-20)13-16-7-8-18-19(14-16)30-21(32)35-25(18,24(4,26)27)11-9-15-5-6-15/h7-8,10,12,14-15H,5-6,13H2,1-4H3,(H,30,32)(H,28,29,31,33)/t25-/m0/s1. The third-order valence-corrected chi connectivity index (χ3v) is 5.30. The lowest BCUT2D eigenvalue weighted by Gasteiger charge is -2.38. The number of nitrogens with one attached hydrogen (secondary N) is 2. The molecule has 1 saturated carbocycles. The highest BCUT2D eigenvalue weighted by Gasteiger charge is 2.57. The van der Waals surface area contributed by atoms with Crippen LogP contribution in [0.2, 0.25) is 0 Å². The second-order valence-corrected chi connectivity index (χ2v) is 9.68. The molecule has 0 bridgehead atoms. The highest BCUT2D eigenvalue weighted by atomic mass is 19.3. The molecule has 1 fully saturated rings. The van der Waals surface area contributed by atoms with Crippen molar-refractivity contribution in [1.82, 2.24) is 9.97 Å². The maximum atomic E-state index is 14.8. The highest BCUT2D eigenvalue weighted by Crippen LogP contribution is 2.47. The largest absolute Gasteiger partial charge is 0.444 e. The number of hydrogen-bond acceptors (Lipinski definition) is 6. The number of carbonyl (C=O) groups is 2. The molecule has 0 saturated heterocycles. The minimum absolute atomic E-state index is 0.0479. The van der Waals surface area contributed by atoms with Crippen LogP contribution in [0.15, 0.2) is 30.5 Å². The van der Waals surface area contributed by atoms with Gasteiger partial charge in [-0.1, -0.05) is 18.1 Å². The van der Waals surface area contributed by atoms with E-state index in [9.17, 15) is 18.4 Å². The van der Waals surface area contributed by atoms with E-state index in [2.05, 4.69) is 32.4 Å². The van der Waals surface area contributed by atoms with Gasteiger partial charge in [0, 0.05) is 31.0 Å². The van der Waals surface area contributed by atoms with E-state index in [1.165, 1.54) is 12.3 Å². The Labute approximate surface area is 201 Å². The molecule has 2 aliphatic rings. The van der Waals surface area contributed by atoms with Crippen LogP contribution in [0.4, 0.5) is 30.0 Å². The van der Waals surface area contributed by atoms with E-state index in [4.69, 9.17) is 9.47 Å². The Morgan fingerprint density at radius 3 is 2.69 bits per heavy atom. The van der Waals surface area contributed by atoms with E-state index in [0.29, 0.717) is 24.6 Å². The third-order valence-electron chi connectivity index (χ3n) is 5.30. The van der Waals surface area contributed by atoms with Crippen LogP contribution < -0.4 is 10.6 Å². The number of anilines is 2. The first-order chi connectivity index (χ1) is 16.3. The normalized spacial score (nSPS) is 19.4. The summed E-state index contributed by atoms with van der Waals surface area (Å²) >= 11 is 0. The number of alkyl halides is 2. The van der Waals surface area contributed by atoms with Crippen molar-refractivity contribution in [2.24, 2.45) is 5.92 Å². The summed E-state index contributed by atoms with van der Waals surface area (Å²) in [5, 5.41) is 4.99. The van der Waals surface area contributed by atoms with Crippen LogP contribution in [0.1, 0.15) is 57.4 Å². The van der Waals surface area contributed by atoms with Crippen LogP contribution in [-0.4, -0.2) is 33.7 Å². The number of fused-ring (bicyclic) bond motifs is 1. The maximum Gasteiger partial charge on any atom is 0.414 e. The number of hydrogen-bond donors (Lipinski definition) is 2. The number of amides is 2. The zero-order valence-electron chi connectivity index (χ0n) is 19.9. The maximum absolute atomic E-state index is 14.8. The summed E-state index contributed by atoms with van der Waals surface area (Å²) < 4.78 is 40.0. The zero-order chi connectivity index (χ0) is 25.4. The lowest BCUT2D eigenvalue weighted by Crippen LogP contribution is -2.50. The van der Waals surface area contributed by atoms with Gasteiger partial charge in [-0.25, -0.2) is 28.3 Å². The lowest BCUT2D eigenvalue weighted by atomic mass is 9.85. The molecule has 0 spiro atoms. The van der Waals surface area contributed by atoms with Gasteiger partial charge in [0.1, 0.15) is 5.60 Å². The number of cyclic esters (lactones) is 1. The molecule has 8 nitrogen and oxygen atoms in total. The predicted molar refractivity (Wildman–Crippen MR) is 124 cm³/mol.